The SMILES string of the molecule is COc1ccc2nc(CCBr)sc2c1. The molecule has 0 atom stereocenters. The normalized spacial score (nSPS) is 10.7. The minimum atomic E-state index is 0.895. The summed E-state index contributed by atoms with van der Waals surface area (Å²) < 4.78 is 6.36. The second kappa shape index (κ2) is 4.28. The monoisotopic (exact) mass is 271 g/mol. The van der Waals surface area contributed by atoms with Crippen LogP contribution in [0.1, 0.15) is 5.01 Å². The molecule has 14 heavy (non-hydrogen) atoms. The van der Waals surface area contributed by atoms with Crippen molar-refractivity contribution in [3.8, 4) is 5.75 Å². The van der Waals surface area contributed by atoms with Gasteiger partial charge in [0.15, 0.2) is 0 Å². The van der Waals surface area contributed by atoms with Crippen molar-refractivity contribution in [1.29, 1.82) is 0 Å². The maximum atomic E-state index is 5.16. The standard InChI is InChI=1S/C10H10BrNOS/c1-13-7-2-3-8-9(6-7)14-10(12-8)4-5-11/h2-3,6H,4-5H2,1H3. The Kier molecular flexibility index (Phi) is 3.03. The third-order valence-corrected chi connectivity index (χ3v) is 3.42. The first kappa shape index (κ1) is 9.93. The zero-order valence-electron chi connectivity index (χ0n) is 7.79. The Bertz CT molecular complexity index is 441. The Morgan fingerprint density at radius 1 is 1.50 bits per heavy atom. The van der Waals surface area contributed by atoms with E-state index in [1.807, 2.05) is 18.2 Å². The fraction of sp³-hybridized carbons (Fsp3) is 0.300. The van der Waals surface area contributed by atoms with Gasteiger partial charge in [0.2, 0.25) is 0 Å². The van der Waals surface area contributed by atoms with Crippen molar-refractivity contribution in [2.45, 2.75) is 6.42 Å². The Hall–Kier alpha value is -0.610. The highest BCUT2D eigenvalue weighted by atomic mass is 79.9. The summed E-state index contributed by atoms with van der Waals surface area (Å²) in [5.41, 5.74) is 1.06. The third kappa shape index (κ3) is 1.91. The lowest BCUT2D eigenvalue weighted by Crippen LogP contribution is -1.82. The number of methoxy groups -OCH3 is 1. The van der Waals surface area contributed by atoms with E-state index in [4.69, 9.17) is 4.74 Å². The summed E-state index contributed by atoms with van der Waals surface area (Å²) >= 11 is 5.14. The van der Waals surface area contributed by atoms with Gasteiger partial charge < -0.3 is 4.74 Å². The van der Waals surface area contributed by atoms with Crippen LogP contribution in [-0.2, 0) is 6.42 Å². The Morgan fingerprint density at radius 3 is 3.07 bits per heavy atom. The molecule has 74 valence electrons. The van der Waals surface area contributed by atoms with E-state index < -0.39 is 0 Å². The summed E-state index contributed by atoms with van der Waals surface area (Å²) in [6.07, 6.45) is 0.988. The summed E-state index contributed by atoms with van der Waals surface area (Å²) in [7, 11) is 1.68. The average Bonchev–Trinajstić information content (AvgIpc) is 2.59. The topological polar surface area (TPSA) is 22.1 Å². The number of fused-ring (bicyclic) bond motifs is 1. The van der Waals surface area contributed by atoms with E-state index >= 15 is 0 Å². The van der Waals surface area contributed by atoms with Crippen molar-refractivity contribution in [3.63, 3.8) is 0 Å². The van der Waals surface area contributed by atoms with Gasteiger partial charge in [-0.2, -0.15) is 0 Å². The molecule has 1 aromatic heterocycles. The first-order chi connectivity index (χ1) is 6.83. The van der Waals surface area contributed by atoms with E-state index in [0.717, 1.165) is 23.0 Å². The van der Waals surface area contributed by atoms with E-state index in [1.54, 1.807) is 18.4 Å². The number of halogens is 1. The Balaban J connectivity index is 2.43. The zero-order valence-corrected chi connectivity index (χ0v) is 10.2. The van der Waals surface area contributed by atoms with Crippen LogP contribution in [0.15, 0.2) is 18.2 Å². The van der Waals surface area contributed by atoms with Crippen LogP contribution in [0.3, 0.4) is 0 Å². The summed E-state index contributed by atoms with van der Waals surface area (Å²) in [6, 6.07) is 5.98. The smallest absolute Gasteiger partial charge is 0.120 e. The van der Waals surface area contributed by atoms with Crippen LogP contribution in [0.4, 0.5) is 0 Å². The van der Waals surface area contributed by atoms with Crippen LogP contribution in [-0.4, -0.2) is 17.4 Å². The van der Waals surface area contributed by atoms with Gasteiger partial charge in [-0.3, -0.25) is 0 Å². The lowest BCUT2D eigenvalue weighted by molar-refractivity contribution is 0.415. The highest BCUT2D eigenvalue weighted by molar-refractivity contribution is 9.09. The summed E-state index contributed by atoms with van der Waals surface area (Å²) in [5, 5.41) is 2.13. The lowest BCUT2D eigenvalue weighted by Gasteiger charge is -1.96. The van der Waals surface area contributed by atoms with Gasteiger partial charge in [0.1, 0.15) is 5.75 Å². The van der Waals surface area contributed by atoms with Crippen LogP contribution in [0.25, 0.3) is 10.2 Å². The molecule has 0 fully saturated rings. The van der Waals surface area contributed by atoms with Gasteiger partial charge in [-0.25, -0.2) is 4.98 Å². The van der Waals surface area contributed by atoms with Crippen LogP contribution in [0.2, 0.25) is 0 Å². The molecule has 0 radical (unpaired) electrons. The fourth-order valence-corrected chi connectivity index (χ4v) is 2.90. The Labute approximate surface area is 95.0 Å². The molecule has 0 unspecified atom stereocenters. The fourth-order valence-electron chi connectivity index (χ4n) is 1.27. The molecular formula is C10H10BrNOS. The molecule has 0 aliphatic rings. The minimum Gasteiger partial charge on any atom is -0.497 e. The van der Waals surface area contributed by atoms with Gasteiger partial charge in [-0.1, -0.05) is 15.9 Å². The van der Waals surface area contributed by atoms with Crippen molar-refractivity contribution in [2.24, 2.45) is 0 Å². The zero-order chi connectivity index (χ0) is 9.97. The minimum absolute atomic E-state index is 0.895. The van der Waals surface area contributed by atoms with Crippen LogP contribution < -0.4 is 4.74 Å². The quantitative estimate of drug-likeness (QED) is 0.800. The second-order valence-electron chi connectivity index (χ2n) is 2.88. The molecule has 0 spiro atoms. The molecule has 0 amide bonds. The van der Waals surface area contributed by atoms with E-state index in [9.17, 15) is 0 Å². The van der Waals surface area contributed by atoms with Crippen molar-refractivity contribution in [1.82, 2.24) is 4.98 Å². The molecule has 0 bridgehead atoms. The van der Waals surface area contributed by atoms with E-state index in [2.05, 4.69) is 20.9 Å². The maximum absolute atomic E-state index is 5.16. The summed E-state index contributed by atoms with van der Waals surface area (Å²) in [4.78, 5) is 4.51. The molecule has 0 aliphatic heterocycles. The molecule has 0 N–H and O–H groups in total. The summed E-state index contributed by atoms with van der Waals surface area (Å²) in [6.45, 7) is 0. The van der Waals surface area contributed by atoms with Crippen molar-refractivity contribution in [3.05, 3.63) is 23.2 Å². The number of benzene rings is 1. The number of thiazole rings is 1. The van der Waals surface area contributed by atoms with Gasteiger partial charge in [0, 0.05) is 11.8 Å². The first-order valence-electron chi connectivity index (χ1n) is 4.33. The predicted octanol–water partition coefficient (Wildman–Crippen LogP) is 3.24. The average molecular weight is 272 g/mol. The van der Waals surface area contributed by atoms with Crippen molar-refractivity contribution >= 4 is 37.5 Å². The molecule has 0 saturated carbocycles. The number of alkyl halides is 1. The van der Waals surface area contributed by atoms with Crippen molar-refractivity contribution < 1.29 is 4.74 Å². The molecule has 0 aliphatic carbocycles. The van der Waals surface area contributed by atoms with E-state index in [0.29, 0.717) is 0 Å². The van der Waals surface area contributed by atoms with Gasteiger partial charge >= 0.3 is 0 Å². The lowest BCUT2D eigenvalue weighted by atomic mass is 10.3. The van der Waals surface area contributed by atoms with Gasteiger partial charge in [0.05, 0.1) is 22.3 Å². The number of ether oxygens (including phenoxy) is 1. The number of hydrogen-bond acceptors (Lipinski definition) is 3. The van der Waals surface area contributed by atoms with Crippen LogP contribution >= 0.6 is 27.3 Å². The third-order valence-electron chi connectivity index (χ3n) is 1.95. The first-order valence-corrected chi connectivity index (χ1v) is 6.26. The van der Waals surface area contributed by atoms with E-state index in [1.165, 1.54) is 9.71 Å². The largest absolute Gasteiger partial charge is 0.497 e. The molecule has 0 saturated heterocycles. The molecular weight excluding hydrogens is 262 g/mol. The van der Waals surface area contributed by atoms with Gasteiger partial charge in [-0.15, -0.1) is 11.3 Å². The van der Waals surface area contributed by atoms with Crippen molar-refractivity contribution in [2.75, 3.05) is 12.4 Å². The number of nitrogens with zero attached hydrogens (tertiary/aromatic N) is 1. The van der Waals surface area contributed by atoms with Crippen LogP contribution in [0, 0.1) is 0 Å². The number of aromatic nitrogens is 1. The Morgan fingerprint density at radius 2 is 2.36 bits per heavy atom. The molecule has 1 heterocycles. The molecule has 2 aromatic rings. The number of hydrogen-bond donors (Lipinski definition) is 0. The second-order valence-corrected chi connectivity index (χ2v) is 4.79. The van der Waals surface area contributed by atoms with Gasteiger partial charge in [-0.05, 0) is 18.2 Å². The molecule has 1 aromatic carbocycles. The number of aryl methyl sites for hydroxylation is 1. The van der Waals surface area contributed by atoms with Gasteiger partial charge in [0.25, 0.3) is 0 Å². The molecule has 2 rings (SSSR count). The predicted molar refractivity (Wildman–Crippen MR) is 63.7 cm³/mol. The highest BCUT2D eigenvalue weighted by Crippen LogP contribution is 2.26. The van der Waals surface area contributed by atoms with E-state index in [-0.39, 0.29) is 0 Å². The van der Waals surface area contributed by atoms with Crippen LogP contribution in [0.5, 0.6) is 5.75 Å². The molecule has 2 nitrogen and oxygen atoms in total. The molecule has 4 heteroatoms. The highest BCUT2D eigenvalue weighted by Gasteiger charge is 2.03. The maximum Gasteiger partial charge on any atom is 0.120 e. The summed E-state index contributed by atoms with van der Waals surface area (Å²) in [5.74, 6) is 0.895. The number of rotatable bonds is 3.